The minimum atomic E-state index is 0.257. The van der Waals surface area contributed by atoms with Gasteiger partial charge in [-0.1, -0.05) is 6.07 Å². The average Bonchev–Trinajstić information content (AvgIpc) is 3.26. The number of aryl methyl sites for hydroxylation is 1. The summed E-state index contributed by atoms with van der Waals surface area (Å²) >= 11 is 0. The van der Waals surface area contributed by atoms with Crippen LogP contribution < -0.4 is 14.8 Å². The second-order valence-electron chi connectivity index (χ2n) is 6.15. The number of ether oxygens (including phenoxy) is 2. The van der Waals surface area contributed by atoms with Gasteiger partial charge in [0.25, 0.3) is 0 Å². The number of fused-ring (bicyclic) bond motifs is 2. The van der Waals surface area contributed by atoms with Crippen LogP contribution in [0.5, 0.6) is 11.5 Å². The largest absolute Gasteiger partial charge is 0.454 e. The number of anilines is 2. The molecule has 3 aromatic heterocycles. The Hall–Kier alpha value is -3.54. The number of benzene rings is 1. The Morgan fingerprint density at radius 2 is 1.96 bits per heavy atom. The minimum absolute atomic E-state index is 0.257. The molecular formula is C20H16N4O2. The summed E-state index contributed by atoms with van der Waals surface area (Å²) in [6.45, 7) is 2.31. The molecule has 0 bridgehead atoms. The van der Waals surface area contributed by atoms with Gasteiger partial charge in [-0.05, 0) is 48.9 Å². The van der Waals surface area contributed by atoms with Crippen molar-refractivity contribution in [1.82, 2.24) is 14.4 Å². The second-order valence-corrected chi connectivity index (χ2v) is 6.15. The molecule has 26 heavy (non-hydrogen) atoms. The SMILES string of the molecule is Cc1ccn2c(Nc3ccc4c(c3)OCO4)c(-c3ccccn3)nc2c1. The molecule has 0 radical (unpaired) electrons. The highest BCUT2D eigenvalue weighted by atomic mass is 16.7. The second kappa shape index (κ2) is 5.77. The molecule has 1 aliphatic rings. The third kappa shape index (κ3) is 2.43. The number of pyridine rings is 2. The van der Waals surface area contributed by atoms with Gasteiger partial charge in [-0.25, -0.2) is 4.98 Å². The summed E-state index contributed by atoms with van der Waals surface area (Å²) in [7, 11) is 0. The summed E-state index contributed by atoms with van der Waals surface area (Å²) in [6, 6.07) is 15.7. The summed E-state index contributed by atoms with van der Waals surface area (Å²) in [5.74, 6) is 2.35. The van der Waals surface area contributed by atoms with Crippen molar-refractivity contribution in [1.29, 1.82) is 0 Å². The number of nitrogens with one attached hydrogen (secondary N) is 1. The lowest BCUT2D eigenvalue weighted by molar-refractivity contribution is 0.174. The van der Waals surface area contributed by atoms with E-state index in [1.54, 1.807) is 6.20 Å². The smallest absolute Gasteiger partial charge is 0.231 e. The maximum absolute atomic E-state index is 5.48. The number of rotatable bonds is 3. The first kappa shape index (κ1) is 14.8. The van der Waals surface area contributed by atoms with Crippen molar-refractivity contribution in [3.05, 3.63) is 66.5 Å². The maximum atomic E-state index is 5.48. The first-order valence-corrected chi connectivity index (χ1v) is 8.35. The summed E-state index contributed by atoms with van der Waals surface area (Å²) in [4.78, 5) is 9.26. The fourth-order valence-electron chi connectivity index (χ4n) is 3.06. The van der Waals surface area contributed by atoms with Gasteiger partial charge in [0.1, 0.15) is 17.2 Å². The van der Waals surface area contributed by atoms with E-state index < -0.39 is 0 Å². The summed E-state index contributed by atoms with van der Waals surface area (Å²) in [5.41, 5.74) is 4.54. The van der Waals surface area contributed by atoms with E-state index >= 15 is 0 Å². The molecule has 0 fully saturated rings. The molecule has 0 amide bonds. The van der Waals surface area contributed by atoms with Crippen molar-refractivity contribution in [3.63, 3.8) is 0 Å². The van der Waals surface area contributed by atoms with Crippen LogP contribution in [-0.4, -0.2) is 21.2 Å². The van der Waals surface area contributed by atoms with Crippen molar-refractivity contribution in [3.8, 4) is 22.9 Å². The Morgan fingerprint density at radius 3 is 2.85 bits per heavy atom. The van der Waals surface area contributed by atoms with Gasteiger partial charge in [-0.3, -0.25) is 9.38 Å². The monoisotopic (exact) mass is 344 g/mol. The molecule has 0 unspecified atom stereocenters. The normalized spacial score (nSPS) is 12.5. The third-order valence-corrected chi connectivity index (χ3v) is 4.32. The summed E-state index contributed by atoms with van der Waals surface area (Å²) < 4.78 is 12.9. The number of hydrogen-bond acceptors (Lipinski definition) is 5. The van der Waals surface area contributed by atoms with E-state index in [0.29, 0.717) is 0 Å². The van der Waals surface area contributed by atoms with E-state index in [0.717, 1.165) is 45.6 Å². The molecule has 1 aliphatic heterocycles. The number of nitrogens with zero attached hydrogens (tertiary/aromatic N) is 3. The third-order valence-electron chi connectivity index (χ3n) is 4.32. The predicted molar refractivity (Wildman–Crippen MR) is 99.0 cm³/mol. The molecule has 5 rings (SSSR count). The molecule has 0 atom stereocenters. The summed E-state index contributed by atoms with van der Waals surface area (Å²) in [5, 5.41) is 3.47. The van der Waals surface area contributed by atoms with Crippen LogP contribution in [0.1, 0.15) is 5.56 Å². The van der Waals surface area contributed by atoms with Gasteiger partial charge in [0.05, 0.1) is 5.69 Å². The number of hydrogen-bond donors (Lipinski definition) is 1. The lowest BCUT2D eigenvalue weighted by Crippen LogP contribution is -1.97. The number of imidazole rings is 1. The average molecular weight is 344 g/mol. The van der Waals surface area contributed by atoms with Crippen LogP contribution in [0.4, 0.5) is 11.5 Å². The Morgan fingerprint density at radius 1 is 1.04 bits per heavy atom. The quantitative estimate of drug-likeness (QED) is 0.604. The van der Waals surface area contributed by atoms with Crippen LogP contribution in [0.25, 0.3) is 17.0 Å². The van der Waals surface area contributed by atoms with Crippen molar-refractivity contribution < 1.29 is 9.47 Å². The van der Waals surface area contributed by atoms with E-state index in [1.807, 2.05) is 47.0 Å². The zero-order chi connectivity index (χ0) is 17.5. The van der Waals surface area contributed by atoms with Crippen LogP contribution in [0.15, 0.2) is 60.9 Å². The van der Waals surface area contributed by atoms with Gasteiger partial charge < -0.3 is 14.8 Å². The van der Waals surface area contributed by atoms with Gasteiger partial charge in [0.15, 0.2) is 11.5 Å². The van der Waals surface area contributed by atoms with Crippen LogP contribution in [0, 0.1) is 6.92 Å². The van der Waals surface area contributed by atoms with Crippen molar-refractivity contribution in [2.24, 2.45) is 0 Å². The first-order chi connectivity index (χ1) is 12.8. The van der Waals surface area contributed by atoms with E-state index in [9.17, 15) is 0 Å². The Balaban J connectivity index is 1.65. The molecule has 4 aromatic rings. The Kier molecular flexibility index (Phi) is 3.28. The van der Waals surface area contributed by atoms with Gasteiger partial charge in [0.2, 0.25) is 6.79 Å². The molecule has 1 N–H and O–H groups in total. The molecule has 4 heterocycles. The lowest BCUT2D eigenvalue weighted by Gasteiger charge is -2.09. The molecule has 1 aromatic carbocycles. The standard InChI is InChI=1S/C20H16N4O2/c1-13-7-9-24-18(10-13)23-19(15-4-2-3-8-21-15)20(24)22-14-5-6-16-17(11-14)26-12-25-16/h2-11,22H,12H2,1H3. The zero-order valence-corrected chi connectivity index (χ0v) is 14.1. The van der Waals surface area contributed by atoms with Crippen LogP contribution in [0.2, 0.25) is 0 Å². The molecule has 0 saturated heterocycles. The van der Waals surface area contributed by atoms with Gasteiger partial charge in [0, 0.05) is 24.1 Å². The topological polar surface area (TPSA) is 60.7 Å². The molecule has 6 nitrogen and oxygen atoms in total. The van der Waals surface area contributed by atoms with Gasteiger partial charge in [-0.15, -0.1) is 0 Å². The van der Waals surface area contributed by atoms with E-state index in [-0.39, 0.29) is 6.79 Å². The van der Waals surface area contributed by atoms with Crippen LogP contribution in [0.3, 0.4) is 0 Å². The van der Waals surface area contributed by atoms with Gasteiger partial charge >= 0.3 is 0 Å². The fourth-order valence-corrected chi connectivity index (χ4v) is 3.06. The fraction of sp³-hybridized carbons (Fsp3) is 0.100. The van der Waals surface area contributed by atoms with E-state index in [4.69, 9.17) is 14.5 Å². The highest BCUT2D eigenvalue weighted by Gasteiger charge is 2.18. The lowest BCUT2D eigenvalue weighted by atomic mass is 10.2. The molecule has 0 aliphatic carbocycles. The number of aromatic nitrogens is 3. The predicted octanol–water partition coefficient (Wildman–Crippen LogP) is 4.18. The highest BCUT2D eigenvalue weighted by Crippen LogP contribution is 2.36. The Labute approximate surface area is 150 Å². The zero-order valence-electron chi connectivity index (χ0n) is 14.1. The maximum Gasteiger partial charge on any atom is 0.231 e. The van der Waals surface area contributed by atoms with Gasteiger partial charge in [-0.2, -0.15) is 0 Å². The van der Waals surface area contributed by atoms with E-state index in [1.165, 1.54) is 0 Å². The molecule has 128 valence electrons. The summed E-state index contributed by atoms with van der Waals surface area (Å²) in [6.07, 6.45) is 3.79. The van der Waals surface area contributed by atoms with Crippen LogP contribution in [-0.2, 0) is 0 Å². The Bertz CT molecular complexity index is 1110. The first-order valence-electron chi connectivity index (χ1n) is 8.35. The van der Waals surface area contributed by atoms with Crippen molar-refractivity contribution in [2.75, 3.05) is 12.1 Å². The highest BCUT2D eigenvalue weighted by molar-refractivity contribution is 5.78. The molecule has 0 spiro atoms. The minimum Gasteiger partial charge on any atom is -0.454 e. The van der Waals surface area contributed by atoms with Crippen LogP contribution >= 0.6 is 0 Å². The molecule has 0 saturated carbocycles. The molecule has 6 heteroatoms. The van der Waals surface area contributed by atoms with Crippen molar-refractivity contribution >= 4 is 17.2 Å². The van der Waals surface area contributed by atoms with Crippen molar-refractivity contribution in [2.45, 2.75) is 6.92 Å². The molecular weight excluding hydrogens is 328 g/mol. The van der Waals surface area contributed by atoms with E-state index in [2.05, 4.69) is 29.4 Å².